The van der Waals surface area contributed by atoms with Gasteiger partial charge in [0.05, 0.1) is 19.1 Å². The Bertz CT molecular complexity index is 894. The third-order valence-corrected chi connectivity index (χ3v) is 4.79. The van der Waals surface area contributed by atoms with Crippen LogP contribution in [0.2, 0.25) is 0 Å². The molecule has 3 rings (SSSR count). The molecule has 2 N–H and O–H groups in total. The zero-order valence-corrected chi connectivity index (χ0v) is 16.9. The van der Waals surface area contributed by atoms with Crippen molar-refractivity contribution in [3.8, 4) is 0 Å². The molecular formula is C21H27N3O5. The summed E-state index contributed by atoms with van der Waals surface area (Å²) in [5.74, 6) is 0.124. The number of carbonyl (C=O) groups excluding carboxylic acids is 1. The molecule has 156 valence electrons. The lowest BCUT2D eigenvalue weighted by atomic mass is 9.96. The summed E-state index contributed by atoms with van der Waals surface area (Å²) in [7, 11) is 0. The minimum atomic E-state index is -0.751. The number of nitrogens with zero attached hydrogens (tertiary/aromatic N) is 2. The van der Waals surface area contributed by atoms with Gasteiger partial charge in [0.2, 0.25) is 5.91 Å². The number of aromatic nitrogens is 2. The normalized spacial score (nSPS) is 20.0. The predicted molar refractivity (Wildman–Crippen MR) is 107 cm³/mol. The molecule has 1 aliphatic heterocycles. The van der Waals surface area contributed by atoms with Gasteiger partial charge in [-0.05, 0) is 36.5 Å². The van der Waals surface area contributed by atoms with E-state index in [-0.39, 0.29) is 30.9 Å². The molecule has 0 saturated carbocycles. The zero-order valence-electron chi connectivity index (χ0n) is 16.9. The van der Waals surface area contributed by atoms with Crippen LogP contribution in [0.4, 0.5) is 5.82 Å². The molecule has 3 atom stereocenters. The van der Waals surface area contributed by atoms with E-state index in [1.807, 2.05) is 31.2 Å². The molecular weight excluding hydrogens is 374 g/mol. The van der Waals surface area contributed by atoms with Crippen LogP contribution in [-0.2, 0) is 20.7 Å². The Morgan fingerprint density at radius 1 is 1.28 bits per heavy atom. The molecule has 0 bridgehead atoms. The van der Waals surface area contributed by atoms with Crippen LogP contribution in [-0.4, -0.2) is 40.1 Å². The second kappa shape index (κ2) is 9.30. The van der Waals surface area contributed by atoms with Crippen LogP contribution in [0.5, 0.6) is 0 Å². The Morgan fingerprint density at radius 2 is 2.00 bits per heavy atom. The molecule has 0 spiro atoms. The molecule has 1 amide bonds. The largest absolute Gasteiger partial charge is 0.391 e. The van der Waals surface area contributed by atoms with E-state index in [2.05, 4.69) is 24.1 Å². The van der Waals surface area contributed by atoms with Crippen molar-refractivity contribution in [3.63, 3.8) is 0 Å². The third-order valence-electron chi connectivity index (χ3n) is 4.79. The fourth-order valence-electron chi connectivity index (χ4n) is 3.19. The van der Waals surface area contributed by atoms with E-state index in [0.717, 1.165) is 12.0 Å². The van der Waals surface area contributed by atoms with E-state index >= 15 is 0 Å². The van der Waals surface area contributed by atoms with Crippen molar-refractivity contribution >= 4 is 11.7 Å². The lowest BCUT2D eigenvalue weighted by molar-refractivity contribution is -0.117. The summed E-state index contributed by atoms with van der Waals surface area (Å²) in [5.41, 5.74) is 1.57. The molecule has 8 nitrogen and oxygen atoms in total. The smallest absolute Gasteiger partial charge is 0.351 e. The van der Waals surface area contributed by atoms with Crippen molar-refractivity contribution in [2.75, 3.05) is 18.5 Å². The van der Waals surface area contributed by atoms with Crippen LogP contribution in [0, 0.1) is 5.92 Å². The molecule has 1 aromatic heterocycles. The minimum Gasteiger partial charge on any atom is -0.391 e. The zero-order chi connectivity index (χ0) is 21.0. The summed E-state index contributed by atoms with van der Waals surface area (Å²) in [4.78, 5) is 28.8. The lowest BCUT2D eigenvalue weighted by Gasteiger charge is -2.15. The Morgan fingerprint density at radius 3 is 2.59 bits per heavy atom. The Hall–Kier alpha value is -2.55. The Kier molecular flexibility index (Phi) is 6.79. The van der Waals surface area contributed by atoms with Crippen LogP contribution in [0.15, 0.2) is 41.3 Å². The number of aliphatic hydroxyl groups is 1. The highest BCUT2D eigenvalue weighted by Gasteiger charge is 2.27. The van der Waals surface area contributed by atoms with E-state index in [1.165, 1.54) is 22.4 Å². The monoisotopic (exact) mass is 401 g/mol. The maximum atomic E-state index is 12.6. The summed E-state index contributed by atoms with van der Waals surface area (Å²) in [6.45, 7) is 6.00. The van der Waals surface area contributed by atoms with E-state index in [1.54, 1.807) is 0 Å². The van der Waals surface area contributed by atoms with Gasteiger partial charge in [-0.15, -0.1) is 0 Å². The van der Waals surface area contributed by atoms with Crippen molar-refractivity contribution in [2.24, 2.45) is 5.92 Å². The summed E-state index contributed by atoms with van der Waals surface area (Å²) in [5, 5.41) is 11.7. The van der Waals surface area contributed by atoms with Crippen molar-refractivity contribution in [1.82, 2.24) is 9.55 Å². The first-order valence-electron chi connectivity index (χ1n) is 9.74. The molecule has 8 heteroatoms. The maximum Gasteiger partial charge on any atom is 0.351 e. The standard InChI is InChI=1S/C21H27N3O5/c1-13(2)10-15-4-6-16(7-5-15)14(3)20(26)22-17-8-9-24(21(27)23-17)18-12-28-19(11-25)29-18/h4-9,13-14,18-19,25H,10-12H2,1-3H3,(H,22,23,26,27)/t14-,18-,19-/m0/s1. The molecule has 0 aliphatic carbocycles. The van der Waals surface area contributed by atoms with Gasteiger partial charge in [-0.2, -0.15) is 4.98 Å². The number of nitrogens with one attached hydrogen (secondary N) is 1. The number of anilines is 1. The van der Waals surface area contributed by atoms with Crippen LogP contribution in [0.1, 0.15) is 44.0 Å². The van der Waals surface area contributed by atoms with E-state index in [4.69, 9.17) is 14.6 Å². The number of aliphatic hydroxyl groups excluding tert-OH is 1. The average molecular weight is 401 g/mol. The second-order valence-corrected chi connectivity index (χ2v) is 7.59. The highest BCUT2D eigenvalue weighted by atomic mass is 16.7. The van der Waals surface area contributed by atoms with Gasteiger partial charge in [0.25, 0.3) is 0 Å². The quantitative estimate of drug-likeness (QED) is 0.736. The summed E-state index contributed by atoms with van der Waals surface area (Å²) >= 11 is 0. The number of hydrogen-bond acceptors (Lipinski definition) is 6. The fourth-order valence-corrected chi connectivity index (χ4v) is 3.19. The molecule has 1 aliphatic rings. The van der Waals surface area contributed by atoms with Gasteiger partial charge in [-0.3, -0.25) is 9.36 Å². The first kappa shape index (κ1) is 21.2. The number of hydrogen-bond donors (Lipinski definition) is 2. The van der Waals surface area contributed by atoms with Gasteiger partial charge in [-0.1, -0.05) is 38.1 Å². The van der Waals surface area contributed by atoms with Gasteiger partial charge in [-0.25, -0.2) is 4.79 Å². The predicted octanol–water partition coefficient (Wildman–Crippen LogP) is 2.05. The molecule has 2 heterocycles. The number of amides is 1. The first-order valence-corrected chi connectivity index (χ1v) is 9.74. The summed E-state index contributed by atoms with van der Waals surface area (Å²) in [6, 6.07) is 9.54. The SMILES string of the molecule is CC(C)Cc1ccc([C@H](C)C(=O)Nc2ccn([C@@H]3CO[C@H](CO)O3)c(=O)n2)cc1. The highest BCUT2D eigenvalue weighted by molar-refractivity contribution is 5.94. The number of ether oxygens (including phenoxy) is 2. The molecule has 2 aromatic rings. The topological polar surface area (TPSA) is 103 Å². The molecule has 0 radical (unpaired) electrons. The molecule has 29 heavy (non-hydrogen) atoms. The van der Waals surface area contributed by atoms with E-state index < -0.39 is 18.2 Å². The van der Waals surface area contributed by atoms with Crippen LogP contribution in [0.3, 0.4) is 0 Å². The molecule has 1 aromatic carbocycles. The van der Waals surface area contributed by atoms with Crippen LogP contribution >= 0.6 is 0 Å². The van der Waals surface area contributed by atoms with Crippen LogP contribution in [0.25, 0.3) is 0 Å². The second-order valence-electron chi connectivity index (χ2n) is 7.59. The summed E-state index contributed by atoms with van der Waals surface area (Å²) < 4.78 is 11.9. The Balaban J connectivity index is 1.64. The number of carbonyl (C=O) groups is 1. The third kappa shape index (κ3) is 5.29. The van der Waals surface area contributed by atoms with Crippen molar-refractivity contribution in [3.05, 3.63) is 58.1 Å². The van der Waals surface area contributed by atoms with Gasteiger partial charge in [0, 0.05) is 6.20 Å². The maximum absolute atomic E-state index is 12.6. The van der Waals surface area contributed by atoms with E-state index in [9.17, 15) is 9.59 Å². The van der Waals surface area contributed by atoms with Crippen LogP contribution < -0.4 is 11.0 Å². The molecule has 1 saturated heterocycles. The summed E-state index contributed by atoms with van der Waals surface area (Å²) in [6.07, 6.45) is 1.08. The molecule has 1 fully saturated rings. The van der Waals surface area contributed by atoms with Gasteiger partial charge in [0.1, 0.15) is 5.82 Å². The molecule has 0 unspecified atom stereocenters. The van der Waals surface area contributed by atoms with Crippen molar-refractivity contribution < 1.29 is 19.4 Å². The van der Waals surface area contributed by atoms with Crippen molar-refractivity contribution in [1.29, 1.82) is 0 Å². The number of benzene rings is 1. The average Bonchev–Trinajstić information content (AvgIpc) is 3.16. The fraction of sp³-hybridized carbons (Fsp3) is 0.476. The van der Waals surface area contributed by atoms with Gasteiger partial charge < -0.3 is 19.9 Å². The first-order chi connectivity index (χ1) is 13.9. The number of rotatable bonds is 7. The van der Waals surface area contributed by atoms with Gasteiger partial charge >= 0.3 is 5.69 Å². The van der Waals surface area contributed by atoms with Gasteiger partial charge in [0.15, 0.2) is 12.5 Å². The minimum absolute atomic E-state index is 0.141. The Labute approximate surface area is 169 Å². The van der Waals surface area contributed by atoms with Crippen molar-refractivity contribution in [2.45, 2.75) is 45.6 Å². The highest BCUT2D eigenvalue weighted by Crippen LogP contribution is 2.21. The lowest BCUT2D eigenvalue weighted by Crippen LogP contribution is -2.30. The van der Waals surface area contributed by atoms with E-state index in [0.29, 0.717) is 5.92 Å².